The van der Waals surface area contributed by atoms with E-state index in [0.29, 0.717) is 0 Å². The molecule has 0 bridgehead atoms. The molecule has 0 atom stereocenters. The Morgan fingerprint density at radius 1 is 1.07 bits per heavy atom. The maximum atomic E-state index is 3.47. The van der Waals surface area contributed by atoms with Gasteiger partial charge >= 0.3 is 0 Å². The molecular weight excluding hydrogens is 186 g/mol. The molecule has 0 radical (unpaired) electrons. The fraction of sp³-hybridized carbons (Fsp3) is 1.00. The summed E-state index contributed by atoms with van der Waals surface area (Å²) in [6.07, 6.45) is 4.16. The van der Waals surface area contributed by atoms with Crippen molar-refractivity contribution in [3.05, 3.63) is 0 Å². The van der Waals surface area contributed by atoms with E-state index in [9.17, 15) is 0 Å². The third-order valence-corrected chi connectivity index (χ3v) is 3.50. The Labute approximate surface area is 93.8 Å². The van der Waals surface area contributed by atoms with Crippen LogP contribution in [0, 0.1) is 0 Å². The van der Waals surface area contributed by atoms with E-state index in [1.807, 2.05) is 0 Å². The third-order valence-electron chi connectivity index (χ3n) is 3.50. The van der Waals surface area contributed by atoms with Crippen LogP contribution in [0.4, 0.5) is 0 Å². The van der Waals surface area contributed by atoms with Gasteiger partial charge in [-0.05, 0) is 25.8 Å². The minimum Gasteiger partial charge on any atom is -0.315 e. The maximum Gasteiger partial charge on any atom is 0.0113 e. The van der Waals surface area contributed by atoms with E-state index >= 15 is 0 Å². The van der Waals surface area contributed by atoms with E-state index in [1.165, 1.54) is 58.5 Å². The first-order valence-corrected chi connectivity index (χ1v) is 6.57. The number of nitrogens with zero attached hydrogens (tertiary/aromatic N) is 2. The van der Waals surface area contributed by atoms with Gasteiger partial charge in [-0.3, -0.25) is 9.80 Å². The molecular formula is C12H25N3. The van der Waals surface area contributed by atoms with Gasteiger partial charge in [0.25, 0.3) is 0 Å². The number of hydrogen-bond acceptors (Lipinski definition) is 3. The van der Waals surface area contributed by atoms with Crippen LogP contribution in [0.1, 0.15) is 26.2 Å². The topological polar surface area (TPSA) is 18.5 Å². The van der Waals surface area contributed by atoms with Crippen molar-refractivity contribution in [2.24, 2.45) is 0 Å². The molecule has 1 saturated heterocycles. The summed E-state index contributed by atoms with van der Waals surface area (Å²) in [5.41, 5.74) is 0. The van der Waals surface area contributed by atoms with Gasteiger partial charge in [-0.1, -0.05) is 6.92 Å². The van der Waals surface area contributed by atoms with E-state index in [4.69, 9.17) is 0 Å². The Bertz CT molecular complexity index is 172. The summed E-state index contributed by atoms with van der Waals surface area (Å²) in [7, 11) is 0. The highest BCUT2D eigenvalue weighted by Gasteiger charge is 2.30. The van der Waals surface area contributed by atoms with Crippen molar-refractivity contribution < 1.29 is 0 Å². The van der Waals surface area contributed by atoms with Crippen molar-refractivity contribution in [1.29, 1.82) is 0 Å². The van der Waals surface area contributed by atoms with Crippen molar-refractivity contribution in [3.63, 3.8) is 0 Å². The van der Waals surface area contributed by atoms with E-state index < -0.39 is 0 Å². The Balaban J connectivity index is 1.53. The molecule has 15 heavy (non-hydrogen) atoms. The predicted octanol–water partition coefficient (Wildman–Crippen LogP) is 0.766. The highest BCUT2D eigenvalue weighted by molar-refractivity contribution is 4.87. The molecule has 2 rings (SSSR count). The van der Waals surface area contributed by atoms with Crippen LogP contribution < -0.4 is 5.32 Å². The van der Waals surface area contributed by atoms with Crippen molar-refractivity contribution in [1.82, 2.24) is 15.1 Å². The van der Waals surface area contributed by atoms with Crippen molar-refractivity contribution in [3.8, 4) is 0 Å². The van der Waals surface area contributed by atoms with Crippen LogP contribution in [0.3, 0.4) is 0 Å². The summed E-state index contributed by atoms with van der Waals surface area (Å²) >= 11 is 0. The molecule has 3 nitrogen and oxygen atoms in total. The number of nitrogens with one attached hydrogen (secondary N) is 1. The number of piperazine rings is 1. The first-order chi connectivity index (χ1) is 7.40. The molecule has 0 aromatic rings. The molecule has 1 saturated carbocycles. The molecule has 2 aliphatic rings. The molecule has 1 aliphatic heterocycles. The van der Waals surface area contributed by atoms with Crippen LogP contribution in [0.2, 0.25) is 0 Å². The van der Waals surface area contributed by atoms with E-state index in [0.717, 1.165) is 12.6 Å². The molecule has 0 aromatic carbocycles. The van der Waals surface area contributed by atoms with Crippen LogP contribution in [-0.4, -0.2) is 61.7 Å². The smallest absolute Gasteiger partial charge is 0.0113 e. The fourth-order valence-electron chi connectivity index (χ4n) is 2.33. The predicted molar refractivity (Wildman–Crippen MR) is 64.2 cm³/mol. The lowest BCUT2D eigenvalue weighted by Crippen LogP contribution is -2.48. The van der Waals surface area contributed by atoms with Crippen LogP contribution >= 0.6 is 0 Å². The summed E-state index contributed by atoms with van der Waals surface area (Å²) in [4.78, 5) is 5.28. The molecule has 1 heterocycles. The van der Waals surface area contributed by atoms with E-state index in [1.54, 1.807) is 0 Å². The number of hydrogen-bond donors (Lipinski definition) is 1. The Hall–Kier alpha value is -0.120. The lowest BCUT2D eigenvalue weighted by atomic mass is 10.3. The minimum absolute atomic E-state index is 0.963. The molecule has 0 aromatic heterocycles. The molecule has 1 N–H and O–H groups in total. The van der Waals surface area contributed by atoms with Gasteiger partial charge in [-0.25, -0.2) is 0 Å². The van der Waals surface area contributed by atoms with Gasteiger partial charge in [-0.15, -0.1) is 0 Å². The first-order valence-electron chi connectivity index (χ1n) is 6.57. The zero-order valence-corrected chi connectivity index (χ0v) is 10.0. The molecule has 1 aliphatic carbocycles. The van der Waals surface area contributed by atoms with Crippen LogP contribution in [0.15, 0.2) is 0 Å². The zero-order chi connectivity index (χ0) is 10.5. The van der Waals surface area contributed by atoms with Gasteiger partial charge in [0, 0.05) is 45.3 Å². The Kier molecular flexibility index (Phi) is 4.42. The van der Waals surface area contributed by atoms with Crippen LogP contribution in [-0.2, 0) is 0 Å². The molecule has 88 valence electrons. The Morgan fingerprint density at radius 3 is 2.40 bits per heavy atom. The molecule has 3 heteroatoms. The lowest BCUT2D eigenvalue weighted by Gasteiger charge is -2.34. The number of rotatable bonds is 6. The fourth-order valence-corrected chi connectivity index (χ4v) is 2.33. The molecule has 0 amide bonds. The molecule has 2 fully saturated rings. The quantitative estimate of drug-likeness (QED) is 0.655. The first kappa shape index (κ1) is 11.4. The van der Waals surface area contributed by atoms with Crippen molar-refractivity contribution in [2.45, 2.75) is 32.2 Å². The largest absolute Gasteiger partial charge is 0.315 e. The van der Waals surface area contributed by atoms with Gasteiger partial charge in [0.2, 0.25) is 0 Å². The van der Waals surface area contributed by atoms with E-state index in [-0.39, 0.29) is 0 Å². The second kappa shape index (κ2) is 5.83. The van der Waals surface area contributed by atoms with Gasteiger partial charge in [0.05, 0.1) is 0 Å². The summed E-state index contributed by atoms with van der Waals surface area (Å²) in [5.74, 6) is 0. The van der Waals surface area contributed by atoms with Gasteiger partial charge < -0.3 is 5.32 Å². The van der Waals surface area contributed by atoms with Gasteiger partial charge in [-0.2, -0.15) is 0 Å². The van der Waals surface area contributed by atoms with E-state index in [2.05, 4.69) is 22.0 Å². The second-order valence-electron chi connectivity index (χ2n) is 4.86. The SMILES string of the molecule is CCCNCCN1CCN(C2CC2)CC1. The molecule has 0 unspecified atom stereocenters. The Morgan fingerprint density at radius 2 is 1.80 bits per heavy atom. The van der Waals surface area contributed by atoms with Crippen LogP contribution in [0.5, 0.6) is 0 Å². The summed E-state index contributed by atoms with van der Waals surface area (Å²) in [5, 5.41) is 3.47. The normalized spacial score (nSPS) is 24.6. The monoisotopic (exact) mass is 211 g/mol. The van der Waals surface area contributed by atoms with Gasteiger partial charge in [0.15, 0.2) is 0 Å². The minimum atomic E-state index is 0.963. The summed E-state index contributed by atoms with van der Waals surface area (Å²) in [6, 6.07) is 0.963. The molecule has 0 spiro atoms. The average Bonchev–Trinajstić information content (AvgIpc) is 3.09. The third kappa shape index (κ3) is 3.74. The van der Waals surface area contributed by atoms with Crippen LogP contribution in [0.25, 0.3) is 0 Å². The highest BCUT2D eigenvalue weighted by atomic mass is 15.3. The second-order valence-corrected chi connectivity index (χ2v) is 4.86. The summed E-state index contributed by atoms with van der Waals surface area (Å²) in [6.45, 7) is 11.0. The maximum absolute atomic E-state index is 3.47. The van der Waals surface area contributed by atoms with Crippen molar-refractivity contribution in [2.75, 3.05) is 45.8 Å². The highest BCUT2D eigenvalue weighted by Crippen LogP contribution is 2.27. The lowest BCUT2D eigenvalue weighted by molar-refractivity contribution is 0.127. The summed E-state index contributed by atoms with van der Waals surface area (Å²) < 4.78 is 0. The standard InChI is InChI=1S/C12H25N3/c1-2-5-13-6-7-14-8-10-15(11-9-14)12-3-4-12/h12-13H,2-11H2,1H3. The average molecular weight is 211 g/mol. The van der Waals surface area contributed by atoms with Gasteiger partial charge in [0.1, 0.15) is 0 Å². The zero-order valence-electron chi connectivity index (χ0n) is 10.0. The van der Waals surface area contributed by atoms with Crippen molar-refractivity contribution >= 4 is 0 Å².